The van der Waals surface area contributed by atoms with E-state index < -0.39 is 0 Å². The molecule has 0 saturated carbocycles. The lowest BCUT2D eigenvalue weighted by molar-refractivity contribution is -0.147. The van der Waals surface area contributed by atoms with Crippen molar-refractivity contribution in [2.75, 3.05) is 19.7 Å². The first-order chi connectivity index (χ1) is 12.8. The molecule has 26 heavy (non-hydrogen) atoms. The van der Waals surface area contributed by atoms with E-state index in [1.165, 1.54) is 5.56 Å². The third-order valence-corrected chi connectivity index (χ3v) is 5.39. The van der Waals surface area contributed by atoms with Gasteiger partial charge in [-0.3, -0.25) is 4.79 Å². The van der Waals surface area contributed by atoms with Gasteiger partial charge in [0.15, 0.2) is 0 Å². The van der Waals surface area contributed by atoms with Crippen LogP contribution in [0, 0.1) is 0 Å². The van der Waals surface area contributed by atoms with Crippen LogP contribution in [0.4, 0.5) is 0 Å². The first-order valence-electron chi connectivity index (χ1n) is 9.64. The average Bonchev–Trinajstić information content (AvgIpc) is 3.17. The van der Waals surface area contributed by atoms with E-state index in [1.54, 1.807) is 0 Å². The Labute approximate surface area is 154 Å². The second-order valence-corrected chi connectivity index (χ2v) is 7.26. The number of likely N-dealkylation sites (tertiary alicyclic amines) is 1. The van der Waals surface area contributed by atoms with E-state index in [0.29, 0.717) is 6.04 Å². The van der Waals surface area contributed by atoms with Crippen molar-refractivity contribution in [1.29, 1.82) is 0 Å². The molecule has 2 aromatic rings. The molecule has 1 atom stereocenters. The van der Waals surface area contributed by atoms with Crippen molar-refractivity contribution in [3.05, 3.63) is 47.8 Å². The smallest absolute Gasteiger partial charge is 0.251 e. The van der Waals surface area contributed by atoms with Crippen LogP contribution < -0.4 is 0 Å². The van der Waals surface area contributed by atoms with Gasteiger partial charge in [-0.15, -0.1) is 5.10 Å². The van der Waals surface area contributed by atoms with Gasteiger partial charge in [0, 0.05) is 32.3 Å². The number of aromatic nitrogens is 3. The second kappa shape index (κ2) is 7.99. The van der Waals surface area contributed by atoms with Gasteiger partial charge in [0.25, 0.3) is 5.91 Å². The van der Waals surface area contributed by atoms with Gasteiger partial charge in [-0.2, -0.15) is 0 Å². The Balaban J connectivity index is 1.31. The maximum Gasteiger partial charge on any atom is 0.251 e. The summed E-state index contributed by atoms with van der Waals surface area (Å²) in [6.45, 7) is 2.27. The molecule has 2 aliphatic rings. The number of benzene rings is 1. The molecule has 1 aromatic carbocycles. The SMILES string of the molecule is O=C(C1CCCCO1)N1CCC(n2cc(Cc3ccccc3)nn2)CC1. The quantitative estimate of drug-likeness (QED) is 0.847. The lowest BCUT2D eigenvalue weighted by Crippen LogP contribution is -2.46. The molecule has 2 saturated heterocycles. The van der Waals surface area contributed by atoms with Crippen LogP contribution in [0.25, 0.3) is 0 Å². The molecule has 6 heteroatoms. The summed E-state index contributed by atoms with van der Waals surface area (Å²) in [5.74, 6) is 0.173. The van der Waals surface area contributed by atoms with E-state index in [4.69, 9.17) is 4.74 Å². The summed E-state index contributed by atoms with van der Waals surface area (Å²) in [6, 6.07) is 10.6. The molecule has 3 heterocycles. The van der Waals surface area contributed by atoms with E-state index >= 15 is 0 Å². The Bertz CT molecular complexity index is 716. The Hall–Kier alpha value is -2.21. The van der Waals surface area contributed by atoms with Crippen LogP contribution in [-0.2, 0) is 16.0 Å². The summed E-state index contributed by atoms with van der Waals surface area (Å²) in [6.07, 6.45) is 7.52. The third-order valence-electron chi connectivity index (χ3n) is 5.39. The molecule has 1 aromatic heterocycles. The van der Waals surface area contributed by atoms with Gasteiger partial charge in [0.05, 0.1) is 11.7 Å². The Morgan fingerprint density at radius 2 is 1.92 bits per heavy atom. The summed E-state index contributed by atoms with van der Waals surface area (Å²) in [7, 11) is 0. The Kier molecular flexibility index (Phi) is 5.29. The molecule has 2 fully saturated rings. The van der Waals surface area contributed by atoms with Crippen LogP contribution in [0.2, 0.25) is 0 Å². The van der Waals surface area contributed by atoms with Gasteiger partial charge in [-0.25, -0.2) is 4.68 Å². The molecule has 0 aliphatic carbocycles. The number of amides is 1. The number of carbonyl (C=O) groups excluding carboxylic acids is 1. The monoisotopic (exact) mass is 354 g/mol. The zero-order valence-electron chi connectivity index (χ0n) is 15.1. The van der Waals surface area contributed by atoms with Crippen LogP contribution in [0.15, 0.2) is 36.5 Å². The number of piperidine rings is 1. The number of carbonyl (C=O) groups is 1. The van der Waals surface area contributed by atoms with Crippen molar-refractivity contribution in [1.82, 2.24) is 19.9 Å². The van der Waals surface area contributed by atoms with Crippen molar-refractivity contribution >= 4 is 5.91 Å². The highest BCUT2D eigenvalue weighted by Gasteiger charge is 2.30. The third kappa shape index (κ3) is 3.96. The average molecular weight is 354 g/mol. The van der Waals surface area contributed by atoms with E-state index in [0.717, 1.165) is 63.9 Å². The molecular weight excluding hydrogens is 328 g/mol. The molecule has 2 aliphatic heterocycles. The largest absolute Gasteiger partial charge is 0.368 e. The number of rotatable bonds is 4. The Morgan fingerprint density at radius 3 is 2.65 bits per heavy atom. The zero-order chi connectivity index (χ0) is 17.8. The highest BCUT2D eigenvalue weighted by atomic mass is 16.5. The topological polar surface area (TPSA) is 60.2 Å². The number of hydrogen-bond donors (Lipinski definition) is 0. The van der Waals surface area contributed by atoms with Gasteiger partial charge in [-0.1, -0.05) is 35.5 Å². The molecule has 1 amide bonds. The van der Waals surface area contributed by atoms with Crippen molar-refractivity contribution in [3.63, 3.8) is 0 Å². The van der Waals surface area contributed by atoms with Gasteiger partial charge in [-0.05, 0) is 37.7 Å². The molecule has 0 spiro atoms. The van der Waals surface area contributed by atoms with Gasteiger partial charge >= 0.3 is 0 Å². The summed E-state index contributed by atoms with van der Waals surface area (Å²) < 4.78 is 7.63. The fraction of sp³-hybridized carbons (Fsp3) is 0.550. The molecule has 1 unspecified atom stereocenters. The van der Waals surface area contributed by atoms with Gasteiger partial charge in [0.2, 0.25) is 0 Å². The van der Waals surface area contributed by atoms with Gasteiger partial charge in [0.1, 0.15) is 6.10 Å². The minimum absolute atomic E-state index is 0.173. The maximum atomic E-state index is 12.6. The summed E-state index contributed by atoms with van der Waals surface area (Å²) in [4.78, 5) is 14.5. The minimum Gasteiger partial charge on any atom is -0.368 e. The molecule has 138 valence electrons. The van der Waals surface area contributed by atoms with Crippen LogP contribution in [0.1, 0.15) is 49.4 Å². The summed E-state index contributed by atoms with van der Waals surface area (Å²) in [5.41, 5.74) is 2.23. The normalized spacial score (nSPS) is 21.7. The minimum atomic E-state index is -0.218. The molecule has 0 bridgehead atoms. The van der Waals surface area contributed by atoms with Gasteiger partial charge < -0.3 is 9.64 Å². The summed E-state index contributed by atoms with van der Waals surface area (Å²) >= 11 is 0. The molecule has 0 N–H and O–H groups in total. The standard InChI is InChI=1S/C20H26N4O2/c25-20(19-8-4-5-13-26-19)23-11-9-18(10-12-23)24-15-17(21-22-24)14-16-6-2-1-3-7-16/h1-3,6-7,15,18-19H,4-5,8-14H2. The maximum absolute atomic E-state index is 12.6. The first-order valence-corrected chi connectivity index (χ1v) is 9.64. The molecule has 6 nitrogen and oxygen atoms in total. The summed E-state index contributed by atoms with van der Waals surface area (Å²) in [5, 5.41) is 8.66. The van der Waals surface area contributed by atoms with E-state index in [9.17, 15) is 4.79 Å². The van der Waals surface area contributed by atoms with E-state index in [2.05, 4.69) is 28.6 Å². The van der Waals surface area contributed by atoms with Crippen molar-refractivity contribution < 1.29 is 9.53 Å². The zero-order valence-corrected chi connectivity index (χ0v) is 15.1. The van der Waals surface area contributed by atoms with E-state index in [1.807, 2.05) is 27.8 Å². The van der Waals surface area contributed by atoms with Crippen LogP contribution in [-0.4, -0.2) is 51.6 Å². The first kappa shape index (κ1) is 17.2. The molecule has 0 radical (unpaired) electrons. The highest BCUT2D eigenvalue weighted by Crippen LogP contribution is 2.24. The van der Waals surface area contributed by atoms with E-state index in [-0.39, 0.29) is 12.0 Å². The Morgan fingerprint density at radius 1 is 1.12 bits per heavy atom. The predicted molar refractivity (Wildman–Crippen MR) is 97.7 cm³/mol. The number of hydrogen-bond acceptors (Lipinski definition) is 4. The molecule has 4 rings (SSSR count). The highest BCUT2D eigenvalue weighted by molar-refractivity contribution is 5.81. The molecular formula is C20H26N4O2. The fourth-order valence-electron chi connectivity index (χ4n) is 3.87. The lowest BCUT2D eigenvalue weighted by atomic mass is 10.0. The van der Waals surface area contributed by atoms with Crippen LogP contribution in [0.5, 0.6) is 0 Å². The second-order valence-electron chi connectivity index (χ2n) is 7.26. The van der Waals surface area contributed by atoms with Crippen LogP contribution in [0.3, 0.4) is 0 Å². The predicted octanol–water partition coefficient (Wildman–Crippen LogP) is 2.60. The number of nitrogens with zero attached hydrogens (tertiary/aromatic N) is 4. The van der Waals surface area contributed by atoms with Crippen molar-refractivity contribution in [3.8, 4) is 0 Å². The van der Waals surface area contributed by atoms with Crippen molar-refractivity contribution in [2.45, 2.75) is 50.7 Å². The van der Waals surface area contributed by atoms with Crippen molar-refractivity contribution in [2.24, 2.45) is 0 Å². The number of ether oxygens (including phenoxy) is 1. The fourth-order valence-corrected chi connectivity index (χ4v) is 3.87. The van der Waals surface area contributed by atoms with Crippen LogP contribution >= 0.6 is 0 Å². The lowest BCUT2D eigenvalue weighted by Gasteiger charge is -2.34.